The van der Waals surface area contributed by atoms with Crippen LogP contribution < -0.4 is 5.32 Å². The standard InChI is InChI=1S/C30H38N4OS2/c1-5-37(6-2,7-3)20-15-24-9-8-10-27(21-24)28-23-36-30(31-28)32-29(35)26-13-11-25(12-14-26)22-34-18-16-33(4)17-19-34/h8-14,21,23H,5-7,16-19,22H2,1-4H3,(H,31,32,35). The molecule has 1 amide bonds. The molecular weight excluding hydrogens is 496 g/mol. The van der Waals surface area contributed by atoms with E-state index in [4.69, 9.17) is 0 Å². The van der Waals surface area contributed by atoms with E-state index in [1.807, 2.05) is 29.6 Å². The Kier molecular flexibility index (Phi) is 9.44. The van der Waals surface area contributed by atoms with Crippen molar-refractivity contribution in [3.63, 3.8) is 0 Å². The van der Waals surface area contributed by atoms with Crippen LogP contribution in [0.4, 0.5) is 5.13 Å². The van der Waals surface area contributed by atoms with E-state index < -0.39 is 10.0 Å². The van der Waals surface area contributed by atoms with Gasteiger partial charge >= 0.3 is 0 Å². The summed E-state index contributed by atoms with van der Waals surface area (Å²) in [6.45, 7) is 12.0. The van der Waals surface area contributed by atoms with Crippen molar-refractivity contribution in [1.29, 1.82) is 0 Å². The lowest BCUT2D eigenvalue weighted by Gasteiger charge is -2.32. The second kappa shape index (κ2) is 12.7. The van der Waals surface area contributed by atoms with Crippen LogP contribution >= 0.6 is 21.4 Å². The minimum Gasteiger partial charge on any atom is -0.304 e. The molecule has 4 rings (SSSR count). The van der Waals surface area contributed by atoms with Gasteiger partial charge < -0.3 is 4.90 Å². The van der Waals surface area contributed by atoms with Gasteiger partial charge in [0.05, 0.1) is 5.69 Å². The molecule has 1 aromatic heterocycles. The molecule has 3 aromatic rings. The number of piperazine rings is 1. The van der Waals surface area contributed by atoms with E-state index in [2.05, 4.69) is 83.4 Å². The zero-order valence-electron chi connectivity index (χ0n) is 22.4. The van der Waals surface area contributed by atoms with E-state index in [9.17, 15) is 4.79 Å². The van der Waals surface area contributed by atoms with Gasteiger partial charge in [0.15, 0.2) is 5.13 Å². The van der Waals surface area contributed by atoms with Gasteiger partial charge in [0.2, 0.25) is 0 Å². The van der Waals surface area contributed by atoms with Crippen LogP contribution in [0.2, 0.25) is 0 Å². The number of nitrogens with one attached hydrogen (secondary N) is 1. The molecule has 2 aromatic carbocycles. The molecule has 196 valence electrons. The second-order valence-electron chi connectivity index (χ2n) is 9.49. The van der Waals surface area contributed by atoms with Gasteiger partial charge in [-0.1, -0.05) is 51.0 Å². The Bertz CT molecular complexity index is 1240. The molecule has 0 atom stereocenters. The highest BCUT2D eigenvalue weighted by Crippen LogP contribution is 2.45. The number of aromatic nitrogens is 1. The molecule has 0 radical (unpaired) electrons. The average Bonchev–Trinajstić information content (AvgIpc) is 3.40. The Morgan fingerprint density at radius 3 is 2.41 bits per heavy atom. The van der Waals surface area contributed by atoms with Crippen LogP contribution in [0.1, 0.15) is 42.3 Å². The van der Waals surface area contributed by atoms with Crippen LogP contribution in [0.25, 0.3) is 11.3 Å². The fraction of sp³-hybridized carbons (Fsp3) is 0.400. The molecule has 0 bridgehead atoms. The summed E-state index contributed by atoms with van der Waals surface area (Å²) in [5.41, 5.74) is 4.76. The number of nitrogens with zero attached hydrogens (tertiary/aromatic N) is 3. The third-order valence-electron chi connectivity index (χ3n) is 7.17. The van der Waals surface area contributed by atoms with Gasteiger partial charge in [-0.25, -0.2) is 4.98 Å². The van der Waals surface area contributed by atoms with Crippen LogP contribution in [-0.2, 0) is 6.54 Å². The van der Waals surface area contributed by atoms with Gasteiger partial charge in [-0.05, 0) is 59.4 Å². The lowest BCUT2D eigenvalue weighted by atomic mass is 10.1. The predicted molar refractivity (Wildman–Crippen MR) is 161 cm³/mol. The Hall–Kier alpha value is -2.63. The third kappa shape index (κ3) is 7.24. The number of thiazole rings is 1. The van der Waals surface area contributed by atoms with Crippen molar-refractivity contribution in [3.05, 3.63) is 70.6 Å². The molecule has 7 heteroatoms. The summed E-state index contributed by atoms with van der Waals surface area (Å²) in [5.74, 6) is 6.71. The van der Waals surface area contributed by atoms with Gasteiger partial charge in [0.25, 0.3) is 5.91 Å². The van der Waals surface area contributed by atoms with Crippen molar-refractivity contribution in [3.8, 4) is 22.4 Å². The van der Waals surface area contributed by atoms with E-state index in [1.54, 1.807) is 0 Å². The first-order valence-electron chi connectivity index (χ1n) is 13.1. The summed E-state index contributed by atoms with van der Waals surface area (Å²) >= 11 is 1.44. The van der Waals surface area contributed by atoms with E-state index in [-0.39, 0.29) is 5.91 Å². The first-order chi connectivity index (χ1) is 17.9. The van der Waals surface area contributed by atoms with Crippen molar-refractivity contribution in [2.45, 2.75) is 27.3 Å². The summed E-state index contributed by atoms with van der Waals surface area (Å²) in [6.07, 6.45) is 0. The number of hydrogen-bond donors (Lipinski definition) is 1. The number of carbonyl (C=O) groups excluding carboxylic acids is 1. The lowest BCUT2D eigenvalue weighted by Crippen LogP contribution is -2.43. The van der Waals surface area contributed by atoms with E-state index >= 15 is 0 Å². The Balaban J connectivity index is 1.38. The number of hydrogen-bond acceptors (Lipinski definition) is 5. The molecule has 0 aliphatic carbocycles. The van der Waals surface area contributed by atoms with Crippen molar-refractivity contribution in [2.75, 3.05) is 55.8 Å². The second-order valence-corrected chi connectivity index (χ2v) is 14.4. The van der Waals surface area contributed by atoms with Gasteiger partial charge in [-0.2, -0.15) is 10.0 Å². The zero-order chi connectivity index (χ0) is 26.3. The molecule has 1 aliphatic rings. The number of carbonyl (C=O) groups is 1. The van der Waals surface area contributed by atoms with E-state index in [1.165, 1.54) is 16.9 Å². The maximum atomic E-state index is 12.8. The minimum atomic E-state index is -0.860. The summed E-state index contributed by atoms with van der Waals surface area (Å²) in [6, 6.07) is 16.1. The molecule has 2 heterocycles. The number of anilines is 1. The normalized spacial score (nSPS) is 15.1. The predicted octanol–water partition coefficient (Wildman–Crippen LogP) is 5.98. The van der Waals surface area contributed by atoms with Crippen molar-refractivity contribution in [1.82, 2.24) is 14.8 Å². The molecule has 5 nitrogen and oxygen atoms in total. The van der Waals surface area contributed by atoms with Gasteiger partial charge in [0, 0.05) is 54.8 Å². The summed E-state index contributed by atoms with van der Waals surface area (Å²) < 4.78 is 0. The van der Waals surface area contributed by atoms with Gasteiger partial charge in [-0.3, -0.25) is 15.0 Å². The number of likely N-dealkylation sites (N-methyl/N-ethyl adjacent to an activating group) is 1. The summed E-state index contributed by atoms with van der Waals surface area (Å²) in [4.78, 5) is 22.3. The quantitative estimate of drug-likeness (QED) is 0.361. The highest BCUT2D eigenvalue weighted by Gasteiger charge is 2.16. The Labute approximate surface area is 227 Å². The molecule has 37 heavy (non-hydrogen) atoms. The SMILES string of the molecule is CCS(C#Cc1cccc(-c2csc(NC(=O)c3ccc(CN4CCN(C)CC4)cc3)n2)c1)(CC)CC. The molecular formula is C30H38N4OS2. The zero-order valence-corrected chi connectivity index (χ0v) is 24.1. The molecule has 1 aliphatic heterocycles. The Morgan fingerprint density at radius 2 is 1.73 bits per heavy atom. The fourth-order valence-corrected chi connectivity index (χ4v) is 7.12. The van der Waals surface area contributed by atoms with Crippen LogP contribution in [0.3, 0.4) is 0 Å². The molecule has 1 N–H and O–H groups in total. The Morgan fingerprint density at radius 1 is 1.03 bits per heavy atom. The minimum absolute atomic E-state index is 0.135. The highest BCUT2D eigenvalue weighted by atomic mass is 32.3. The van der Waals surface area contributed by atoms with Gasteiger partial charge in [-0.15, -0.1) is 11.3 Å². The van der Waals surface area contributed by atoms with Crippen LogP contribution in [0, 0.1) is 11.2 Å². The van der Waals surface area contributed by atoms with Crippen LogP contribution in [-0.4, -0.2) is 71.2 Å². The summed E-state index contributed by atoms with van der Waals surface area (Å²) in [7, 11) is 1.31. The largest absolute Gasteiger partial charge is 0.304 e. The topological polar surface area (TPSA) is 48.5 Å². The summed E-state index contributed by atoms with van der Waals surface area (Å²) in [5, 5.41) is 9.16. The number of rotatable bonds is 8. The molecule has 0 spiro atoms. The maximum Gasteiger partial charge on any atom is 0.257 e. The monoisotopic (exact) mass is 534 g/mol. The highest BCUT2D eigenvalue weighted by molar-refractivity contribution is 8.37. The average molecular weight is 535 g/mol. The first-order valence-corrected chi connectivity index (χ1v) is 16.1. The molecule has 1 saturated heterocycles. The van der Waals surface area contributed by atoms with Crippen LogP contribution in [0.15, 0.2) is 53.9 Å². The lowest BCUT2D eigenvalue weighted by molar-refractivity contribution is 0.102. The van der Waals surface area contributed by atoms with Gasteiger partial charge in [0.1, 0.15) is 0 Å². The third-order valence-corrected chi connectivity index (χ3v) is 11.8. The maximum absolute atomic E-state index is 12.8. The van der Waals surface area contributed by atoms with Crippen molar-refractivity contribution in [2.24, 2.45) is 0 Å². The number of benzene rings is 2. The van der Waals surface area contributed by atoms with Crippen molar-refractivity contribution < 1.29 is 4.79 Å². The smallest absolute Gasteiger partial charge is 0.257 e. The molecule has 1 fully saturated rings. The fourth-order valence-electron chi connectivity index (χ4n) is 4.41. The van der Waals surface area contributed by atoms with E-state index in [0.29, 0.717) is 10.7 Å². The molecule has 0 unspecified atom stereocenters. The van der Waals surface area contributed by atoms with Crippen LogP contribution in [0.5, 0.6) is 0 Å². The first kappa shape index (κ1) is 27.4. The van der Waals surface area contributed by atoms with Crippen molar-refractivity contribution >= 4 is 32.4 Å². The van der Waals surface area contributed by atoms with E-state index in [0.717, 1.165) is 66.8 Å². The number of amides is 1. The molecule has 0 saturated carbocycles.